The van der Waals surface area contributed by atoms with Crippen LogP contribution >= 0.6 is 0 Å². The van der Waals surface area contributed by atoms with E-state index in [1.807, 2.05) is 12.4 Å². The van der Waals surface area contributed by atoms with Gasteiger partial charge in [-0.05, 0) is 36.8 Å². The first kappa shape index (κ1) is 7.44. The molecular formula is C10H13N3. The minimum Gasteiger partial charge on any atom is -0.307 e. The van der Waals surface area contributed by atoms with Gasteiger partial charge in [0, 0.05) is 12.1 Å². The van der Waals surface area contributed by atoms with Gasteiger partial charge < -0.3 is 5.32 Å². The number of nitrogens with zero attached hydrogens (tertiary/aromatic N) is 2. The third-order valence-corrected chi connectivity index (χ3v) is 3.23. The van der Waals surface area contributed by atoms with Gasteiger partial charge in [-0.15, -0.1) is 0 Å². The highest BCUT2D eigenvalue weighted by atomic mass is 15.1. The fourth-order valence-corrected chi connectivity index (χ4v) is 2.50. The fourth-order valence-electron chi connectivity index (χ4n) is 2.50. The summed E-state index contributed by atoms with van der Waals surface area (Å²) in [4.78, 5) is 0. The molecule has 2 bridgehead atoms. The number of hydrogen-bond acceptors (Lipinski definition) is 3. The van der Waals surface area contributed by atoms with Crippen LogP contribution in [0.15, 0.2) is 12.4 Å². The van der Waals surface area contributed by atoms with Crippen molar-refractivity contribution in [2.24, 2.45) is 0 Å². The first-order valence-electron chi connectivity index (χ1n) is 4.99. The predicted molar refractivity (Wildman–Crippen MR) is 49.3 cm³/mol. The van der Waals surface area contributed by atoms with Crippen LogP contribution in [0, 0.1) is 0 Å². The van der Waals surface area contributed by atoms with Gasteiger partial charge >= 0.3 is 0 Å². The van der Waals surface area contributed by atoms with Crippen molar-refractivity contribution in [3.8, 4) is 0 Å². The van der Waals surface area contributed by atoms with Gasteiger partial charge in [0.1, 0.15) is 0 Å². The molecule has 2 aliphatic rings. The summed E-state index contributed by atoms with van der Waals surface area (Å²) in [6, 6.07) is 1.29. The van der Waals surface area contributed by atoms with E-state index in [0.717, 1.165) is 6.04 Å². The summed E-state index contributed by atoms with van der Waals surface area (Å²) in [7, 11) is 0. The summed E-state index contributed by atoms with van der Waals surface area (Å²) in [6.45, 7) is 0. The molecule has 1 fully saturated rings. The maximum Gasteiger partial charge on any atom is 0.0546 e. The Morgan fingerprint density at radius 1 is 1.15 bits per heavy atom. The Balaban J connectivity index is 2.07. The van der Waals surface area contributed by atoms with Crippen molar-refractivity contribution >= 4 is 0 Å². The lowest BCUT2D eigenvalue weighted by atomic mass is 9.96. The molecule has 1 aromatic heterocycles. The lowest BCUT2D eigenvalue weighted by Crippen LogP contribution is -2.22. The Kier molecular flexibility index (Phi) is 1.59. The number of hydrogen-bond donors (Lipinski definition) is 1. The molecule has 0 radical (unpaired) electrons. The zero-order chi connectivity index (χ0) is 8.67. The number of nitrogens with one attached hydrogen (secondary N) is 1. The molecule has 0 aromatic carbocycles. The van der Waals surface area contributed by atoms with E-state index < -0.39 is 0 Å². The van der Waals surface area contributed by atoms with Gasteiger partial charge in [-0.3, -0.25) is 0 Å². The van der Waals surface area contributed by atoms with Crippen molar-refractivity contribution in [3.05, 3.63) is 23.5 Å². The van der Waals surface area contributed by atoms with Crippen LogP contribution in [0.5, 0.6) is 0 Å². The average Bonchev–Trinajstić information content (AvgIpc) is 2.54. The molecule has 1 aromatic rings. The Morgan fingerprint density at radius 2 is 2.08 bits per heavy atom. The van der Waals surface area contributed by atoms with Crippen LogP contribution in [0.1, 0.15) is 36.4 Å². The van der Waals surface area contributed by atoms with Gasteiger partial charge in [-0.2, -0.15) is 10.2 Å². The Morgan fingerprint density at radius 3 is 3.08 bits per heavy atom. The molecule has 3 nitrogen and oxygen atoms in total. The predicted octanol–water partition coefficient (Wildman–Crippen LogP) is 1.22. The van der Waals surface area contributed by atoms with Crippen LogP contribution in [0.3, 0.4) is 0 Å². The molecule has 0 saturated carbocycles. The zero-order valence-electron chi connectivity index (χ0n) is 7.53. The van der Waals surface area contributed by atoms with Gasteiger partial charge in [-0.1, -0.05) is 0 Å². The van der Waals surface area contributed by atoms with Crippen molar-refractivity contribution < 1.29 is 0 Å². The Hall–Kier alpha value is -0.960. The van der Waals surface area contributed by atoms with Gasteiger partial charge in [0.15, 0.2) is 0 Å². The molecule has 3 heteroatoms. The lowest BCUT2D eigenvalue weighted by Gasteiger charge is -2.11. The highest BCUT2D eigenvalue weighted by Crippen LogP contribution is 2.33. The second kappa shape index (κ2) is 2.77. The lowest BCUT2D eigenvalue weighted by molar-refractivity contribution is 0.542. The Labute approximate surface area is 77.6 Å². The molecule has 2 aliphatic heterocycles. The highest BCUT2D eigenvalue weighted by Gasteiger charge is 2.29. The minimum atomic E-state index is 0.554. The summed E-state index contributed by atoms with van der Waals surface area (Å²) in [5, 5.41) is 11.6. The van der Waals surface area contributed by atoms with Gasteiger partial charge in [-0.25, -0.2) is 0 Å². The smallest absolute Gasteiger partial charge is 0.0546 e. The summed E-state index contributed by atoms with van der Waals surface area (Å²) in [5.74, 6) is 0. The van der Waals surface area contributed by atoms with Crippen LogP contribution in [-0.4, -0.2) is 16.2 Å². The molecule has 0 amide bonds. The third-order valence-electron chi connectivity index (χ3n) is 3.23. The molecule has 13 heavy (non-hydrogen) atoms. The van der Waals surface area contributed by atoms with E-state index in [1.165, 1.54) is 36.8 Å². The second-order valence-corrected chi connectivity index (χ2v) is 4.00. The van der Waals surface area contributed by atoms with Crippen molar-refractivity contribution in [2.75, 3.05) is 0 Å². The maximum atomic E-state index is 3.97. The van der Waals surface area contributed by atoms with Crippen molar-refractivity contribution in [1.82, 2.24) is 15.5 Å². The van der Waals surface area contributed by atoms with Crippen molar-refractivity contribution in [2.45, 2.75) is 37.8 Å². The number of aromatic nitrogens is 2. The van der Waals surface area contributed by atoms with Gasteiger partial charge in [0.05, 0.1) is 12.4 Å². The molecule has 0 aliphatic carbocycles. The number of aryl methyl sites for hydroxylation is 1. The SMILES string of the molecule is c1nncc2c1CC[C@@H]1CC[C@H]2N1. The summed E-state index contributed by atoms with van der Waals surface area (Å²) >= 11 is 0. The van der Waals surface area contributed by atoms with E-state index in [4.69, 9.17) is 0 Å². The maximum absolute atomic E-state index is 3.97. The topological polar surface area (TPSA) is 37.8 Å². The van der Waals surface area contributed by atoms with E-state index in [1.54, 1.807) is 0 Å². The summed E-state index contributed by atoms with van der Waals surface area (Å²) in [5.41, 5.74) is 2.78. The fraction of sp³-hybridized carbons (Fsp3) is 0.600. The molecular weight excluding hydrogens is 162 g/mol. The first-order chi connectivity index (χ1) is 6.43. The van der Waals surface area contributed by atoms with Crippen LogP contribution < -0.4 is 5.32 Å². The largest absolute Gasteiger partial charge is 0.307 e. The third kappa shape index (κ3) is 1.15. The van der Waals surface area contributed by atoms with Crippen molar-refractivity contribution in [1.29, 1.82) is 0 Å². The molecule has 3 heterocycles. The van der Waals surface area contributed by atoms with Gasteiger partial charge in [0.25, 0.3) is 0 Å². The minimum absolute atomic E-state index is 0.554. The zero-order valence-corrected chi connectivity index (χ0v) is 7.53. The summed E-state index contributed by atoms with van der Waals surface area (Å²) in [6.07, 6.45) is 8.88. The standard InChI is InChI=1S/C10H13N3/c1-2-8-3-4-10(13-8)9-6-12-11-5-7(1)9/h5-6,8,10,13H,1-4H2/t8-,10-/m1/s1. The molecule has 0 spiro atoms. The van der Waals surface area contributed by atoms with E-state index >= 15 is 0 Å². The Bertz CT molecular complexity index is 324. The first-order valence-corrected chi connectivity index (χ1v) is 4.99. The van der Waals surface area contributed by atoms with E-state index in [2.05, 4.69) is 15.5 Å². The summed E-state index contributed by atoms with van der Waals surface area (Å²) < 4.78 is 0. The normalized spacial score (nSPS) is 31.1. The molecule has 3 rings (SSSR count). The van der Waals surface area contributed by atoms with E-state index in [0.29, 0.717) is 6.04 Å². The number of rotatable bonds is 0. The number of fused-ring (bicyclic) bond motifs is 4. The van der Waals surface area contributed by atoms with E-state index in [-0.39, 0.29) is 0 Å². The van der Waals surface area contributed by atoms with E-state index in [9.17, 15) is 0 Å². The molecule has 1 saturated heterocycles. The van der Waals surface area contributed by atoms with Crippen LogP contribution in [-0.2, 0) is 6.42 Å². The highest BCUT2D eigenvalue weighted by molar-refractivity contribution is 5.27. The monoisotopic (exact) mass is 175 g/mol. The molecule has 2 atom stereocenters. The van der Waals surface area contributed by atoms with Crippen LogP contribution in [0.25, 0.3) is 0 Å². The van der Waals surface area contributed by atoms with Crippen LogP contribution in [0.4, 0.5) is 0 Å². The van der Waals surface area contributed by atoms with Crippen molar-refractivity contribution in [3.63, 3.8) is 0 Å². The second-order valence-electron chi connectivity index (χ2n) is 4.00. The average molecular weight is 175 g/mol. The van der Waals surface area contributed by atoms with Crippen LogP contribution in [0.2, 0.25) is 0 Å². The molecule has 1 N–H and O–H groups in total. The molecule has 68 valence electrons. The van der Waals surface area contributed by atoms with Gasteiger partial charge in [0.2, 0.25) is 0 Å². The molecule has 0 unspecified atom stereocenters. The quantitative estimate of drug-likeness (QED) is 0.644.